The van der Waals surface area contributed by atoms with Crippen molar-refractivity contribution in [3.63, 3.8) is 0 Å². The molecule has 2 aromatic carbocycles. The number of hydrogen-bond donors (Lipinski definition) is 0. The quantitative estimate of drug-likeness (QED) is 0.500. The van der Waals surface area contributed by atoms with Crippen LogP contribution in [-0.4, -0.2) is 27.0 Å². The Morgan fingerprint density at radius 2 is 1.90 bits per heavy atom. The van der Waals surface area contributed by atoms with Crippen LogP contribution in [-0.2, 0) is 13.0 Å². The Kier molecular flexibility index (Phi) is 5.15. The molecule has 0 saturated carbocycles. The summed E-state index contributed by atoms with van der Waals surface area (Å²) >= 11 is 0. The first-order chi connectivity index (χ1) is 14.1. The van der Waals surface area contributed by atoms with Gasteiger partial charge >= 0.3 is 0 Å². The van der Waals surface area contributed by atoms with Gasteiger partial charge in [0.05, 0.1) is 19.3 Å². The Balaban J connectivity index is 1.52. The second-order valence-electron chi connectivity index (χ2n) is 6.28. The molecule has 0 amide bonds. The highest BCUT2D eigenvalue weighted by atomic mass is 19.1. The molecule has 2 heterocycles. The van der Waals surface area contributed by atoms with Gasteiger partial charge in [0.1, 0.15) is 11.6 Å². The topological polar surface area (TPSA) is 83.0 Å². The van der Waals surface area contributed by atoms with E-state index in [1.54, 1.807) is 25.3 Å². The van der Waals surface area contributed by atoms with Crippen LogP contribution in [0.25, 0.3) is 22.6 Å². The number of rotatable bonds is 6. The van der Waals surface area contributed by atoms with Crippen molar-refractivity contribution in [2.45, 2.75) is 13.0 Å². The van der Waals surface area contributed by atoms with E-state index in [0.29, 0.717) is 35.1 Å². The highest BCUT2D eigenvalue weighted by Crippen LogP contribution is 2.21. The van der Waals surface area contributed by atoms with Crippen molar-refractivity contribution in [3.05, 3.63) is 82.7 Å². The molecule has 0 radical (unpaired) electrons. The first-order valence-electron chi connectivity index (χ1n) is 8.93. The van der Waals surface area contributed by atoms with E-state index < -0.39 is 0 Å². The van der Waals surface area contributed by atoms with Gasteiger partial charge in [-0.3, -0.25) is 4.79 Å². The second-order valence-corrected chi connectivity index (χ2v) is 6.28. The predicted octanol–water partition coefficient (Wildman–Crippen LogP) is 3.35. The summed E-state index contributed by atoms with van der Waals surface area (Å²) in [6, 6.07) is 16.5. The molecule has 0 aliphatic rings. The highest BCUT2D eigenvalue weighted by Gasteiger charge is 2.11. The summed E-state index contributed by atoms with van der Waals surface area (Å²) in [6.45, 7) is 0.265. The molecule has 0 saturated heterocycles. The minimum absolute atomic E-state index is 0.235. The van der Waals surface area contributed by atoms with E-state index in [1.165, 1.54) is 22.9 Å². The number of aryl methyl sites for hydroxylation is 2. The Morgan fingerprint density at radius 1 is 1.07 bits per heavy atom. The van der Waals surface area contributed by atoms with Crippen LogP contribution in [0.5, 0.6) is 5.75 Å². The zero-order valence-corrected chi connectivity index (χ0v) is 15.6. The third-order valence-corrected chi connectivity index (χ3v) is 4.32. The van der Waals surface area contributed by atoms with E-state index in [0.717, 1.165) is 5.56 Å². The zero-order valence-electron chi connectivity index (χ0n) is 15.6. The van der Waals surface area contributed by atoms with Gasteiger partial charge < -0.3 is 9.26 Å². The third kappa shape index (κ3) is 4.21. The van der Waals surface area contributed by atoms with Gasteiger partial charge in [-0.2, -0.15) is 10.1 Å². The smallest absolute Gasteiger partial charge is 0.266 e. The summed E-state index contributed by atoms with van der Waals surface area (Å²) in [7, 11) is 1.59. The van der Waals surface area contributed by atoms with Gasteiger partial charge in [0.2, 0.25) is 11.7 Å². The fourth-order valence-electron chi connectivity index (χ4n) is 2.85. The van der Waals surface area contributed by atoms with Crippen LogP contribution < -0.4 is 10.3 Å². The summed E-state index contributed by atoms with van der Waals surface area (Å²) in [6.07, 6.45) is 0.316. The van der Waals surface area contributed by atoms with Crippen LogP contribution in [0.1, 0.15) is 5.89 Å². The Morgan fingerprint density at radius 3 is 2.72 bits per heavy atom. The Labute approximate surface area is 165 Å². The van der Waals surface area contributed by atoms with Gasteiger partial charge in [0, 0.05) is 23.6 Å². The zero-order chi connectivity index (χ0) is 20.2. The number of methoxy groups -OCH3 is 1. The number of halogens is 1. The normalized spacial score (nSPS) is 10.8. The van der Waals surface area contributed by atoms with Crippen molar-refractivity contribution in [1.29, 1.82) is 0 Å². The van der Waals surface area contributed by atoms with Crippen molar-refractivity contribution in [3.8, 4) is 28.4 Å². The molecule has 29 heavy (non-hydrogen) atoms. The minimum Gasteiger partial charge on any atom is -0.497 e. The van der Waals surface area contributed by atoms with E-state index in [9.17, 15) is 9.18 Å². The molecule has 8 heteroatoms. The maximum absolute atomic E-state index is 13.4. The number of ether oxygens (including phenoxy) is 1. The van der Waals surface area contributed by atoms with E-state index in [2.05, 4.69) is 15.2 Å². The number of hydrogen-bond acceptors (Lipinski definition) is 6. The fourth-order valence-corrected chi connectivity index (χ4v) is 2.85. The van der Waals surface area contributed by atoms with Crippen molar-refractivity contribution in [2.75, 3.05) is 7.11 Å². The van der Waals surface area contributed by atoms with Crippen molar-refractivity contribution < 1.29 is 13.7 Å². The first kappa shape index (κ1) is 18.5. The largest absolute Gasteiger partial charge is 0.497 e. The Bertz CT molecular complexity index is 1200. The van der Waals surface area contributed by atoms with Crippen LogP contribution in [0.2, 0.25) is 0 Å². The van der Waals surface area contributed by atoms with Gasteiger partial charge in [-0.05, 0) is 30.3 Å². The molecule has 4 rings (SSSR count). The fraction of sp³-hybridized carbons (Fsp3) is 0.143. The van der Waals surface area contributed by atoms with Crippen molar-refractivity contribution in [2.24, 2.45) is 0 Å². The third-order valence-electron chi connectivity index (χ3n) is 4.32. The number of benzene rings is 2. The summed E-state index contributed by atoms with van der Waals surface area (Å²) in [5.74, 6) is 0.964. The molecule has 0 N–H and O–H groups in total. The molecule has 0 bridgehead atoms. The van der Waals surface area contributed by atoms with Crippen molar-refractivity contribution >= 4 is 0 Å². The molecule has 0 unspecified atom stereocenters. The molecular weight excluding hydrogens is 375 g/mol. The molecule has 7 nitrogen and oxygen atoms in total. The lowest BCUT2D eigenvalue weighted by Crippen LogP contribution is -2.23. The molecule has 0 fully saturated rings. The first-order valence-corrected chi connectivity index (χ1v) is 8.93. The number of nitrogens with zero attached hydrogens (tertiary/aromatic N) is 4. The molecule has 0 aliphatic carbocycles. The standard InChI is InChI=1S/C21H17FN4O3/c1-28-17-7-3-4-14(13-17)18-8-9-20(27)26(24-18)11-10-19-23-21(25-29-19)15-5-2-6-16(22)12-15/h2-9,12-13H,10-11H2,1H3. The van der Waals surface area contributed by atoms with Gasteiger partial charge in [-0.15, -0.1) is 0 Å². The van der Waals surface area contributed by atoms with E-state index in [-0.39, 0.29) is 17.9 Å². The van der Waals surface area contributed by atoms with Gasteiger partial charge in [-0.25, -0.2) is 9.07 Å². The lowest BCUT2D eigenvalue weighted by molar-refractivity contribution is 0.367. The Hall–Kier alpha value is -3.81. The van der Waals surface area contributed by atoms with Gasteiger partial charge in [0.15, 0.2) is 0 Å². The van der Waals surface area contributed by atoms with Gasteiger partial charge in [-0.1, -0.05) is 29.4 Å². The molecule has 0 atom stereocenters. The predicted molar refractivity (Wildman–Crippen MR) is 104 cm³/mol. The summed E-state index contributed by atoms with van der Waals surface area (Å²) in [5, 5.41) is 8.29. The summed E-state index contributed by atoms with van der Waals surface area (Å²) < 4.78 is 25.2. The van der Waals surface area contributed by atoms with E-state index in [1.807, 2.05) is 24.3 Å². The van der Waals surface area contributed by atoms with Gasteiger partial charge in [0.25, 0.3) is 5.56 Å². The average Bonchev–Trinajstić information content (AvgIpc) is 3.22. The second kappa shape index (κ2) is 8.05. The van der Waals surface area contributed by atoms with Crippen LogP contribution in [0.4, 0.5) is 4.39 Å². The lowest BCUT2D eigenvalue weighted by Gasteiger charge is -2.07. The maximum Gasteiger partial charge on any atom is 0.266 e. The van der Waals surface area contributed by atoms with E-state index in [4.69, 9.17) is 9.26 Å². The van der Waals surface area contributed by atoms with Crippen LogP contribution >= 0.6 is 0 Å². The molecule has 0 aliphatic heterocycles. The minimum atomic E-state index is -0.376. The summed E-state index contributed by atoms with van der Waals surface area (Å²) in [5.41, 5.74) is 1.77. The van der Waals surface area contributed by atoms with Crippen LogP contribution in [0.3, 0.4) is 0 Å². The maximum atomic E-state index is 13.4. The summed E-state index contributed by atoms with van der Waals surface area (Å²) in [4.78, 5) is 16.4. The molecule has 2 aromatic heterocycles. The molecule has 146 valence electrons. The van der Waals surface area contributed by atoms with Crippen LogP contribution in [0, 0.1) is 5.82 Å². The number of aromatic nitrogens is 4. The molecular formula is C21H17FN4O3. The molecule has 0 spiro atoms. The van der Waals surface area contributed by atoms with E-state index >= 15 is 0 Å². The molecule has 4 aromatic rings. The average molecular weight is 392 g/mol. The monoisotopic (exact) mass is 392 g/mol. The SMILES string of the molecule is COc1cccc(-c2ccc(=O)n(CCc3nc(-c4cccc(F)c4)no3)n2)c1. The van der Waals surface area contributed by atoms with Crippen LogP contribution in [0.15, 0.2) is 70.0 Å². The van der Waals surface area contributed by atoms with Crippen molar-refractivity contribution in [1.82, 2.24) is 19.9 Å². The highest BCUT2D eigenvalue weighted by molar-refractivity contribution is 5.60. The lowest BCUT2D eigenvalue weighted by atomic mass is 10.1.